The Hall–Kier alpha value is -4.31. The number of hydrogen-bond acceptors (Lipinski definition) is 8. The molecule has 0 aliphatic carbocycles. The van der Waals surface area contributed by atoms with Crippen molar-refractivity contribution in [2.24, 2.45) is 5.10 Å². The molecule has 9 nitrogen and oxygen atoms in total. The van der Waals surface area contributed by atoms with Crippen molar-refractivity contribution >= 4 is 40.9 Å². The largest absolute Gasteiger partial charge is 0.493 e. The Balaban J connectivity index is 1.44. The fourth-order valence-corrected chi connectivity index (χ4v) is 4.56. The zero-order valence-electron chi connectivity index (χ0n) is 21.6. The van der Waals surface area contributed by atoms with Crippen LogP contribution in [0.25, 0.3) is 11.0 Å². The summed E-state index contributed by atoms with van der Waals surface area (Å²) in [7, 11) is 2.90. The topological polar surface area (TPSA) is 104 Å². The molecule has 38 heavy (non-hydrogen) atoms. The van der Waals surface area contributed by atoms with E-state index >= 15 is 0 Å². The molecule has 3 aromatic carbocycles. The SMILES string of the molecule is COc1cc(/C=N\NC(=O)CSc2nc3ccccc3n2Cc2ccc(C)cc2)cc(OC)c1OC(C)=O. The van der Waals surface area contributed by atoms with Gasteiger partial charge in [-0.25, -0.2) is 10.4 Å². The molecule has 0 saturated heterocycles. The second-order valence-electron chi connectivity index (χ2n) is 8.38. The Morgan fingerprint density at radius 3 is 2.39 bits per heavy atom. The van der Waals surface area contributed by atoms with E-state index in [1.165, 1.54) is 44.7 Å². The number of aryl methyl sites for hydroxylation is 1. The third-order valence-electron chi connectivity index (χ3n) is 5.54. The van der Waals surface area contributed by atoms with E-state index in [-0.39, 0.29) is 17.4 Å². The number of thioether (sulfide) groups is 1. The van der Waals surface area contributed by atoms with Crippen LogP contribution in [-0.4, -0.2) is 47.6 Å². The van der Waals surface area contributed by atoms with Crippen LogP contribution in [0.15, 0.2) is 70.9 Å². The minimum atomic E-state index is -0.500. The molecule has 0 radical (unpaired) electrons. The van der Waals surface area contributed by atoms with Crippen LogP contribution in [0.3, 0.4) is 0 Å². The van der Waals surface area contributed by atoms with Gasteiger partial charge in [0.05, 0.1) is 43.8 Å². The smallest absolute Gasteiger partial charge is 0.308 e. The zero-order valence-corrected chi connectivity index (χ0v) is 22.4. The molecule has 0 fully saturated rings. The number of carbonyl (C=O) groups is 2. The second-order valence-corrected chi connectivity index (χ2v) is 9.33. The van der Waals surface area contributed by atoms with Crippen LogP contribution in [0.4, 0.5) is 0 Å². The van der Waals surface area contributed by atoms with Gasteiger partial charge < -0.3 is 18.8 Å². The second kappa shape index (κ2) is 12.3. The molecule has 1 heterocycles. The van der Waals surface area contributed by atoms with Crippen LogP contribution >= 0.6 is 11.8 Å². The first-order valence-electron chi connectivity index (χ1n) is 11.8. The molecule has 0 saturated carbocycles. The van der Waals surface area contributed by atoms with Crippen molar-refractivity contribution in [3.8, 4) is 17.2 Å². The number of fused-ring (bicyclic) bond motifs is 1. The van der Waals surface area contributed by atoms with Crippen LogP contribution in [0.2, 0.25) is 0 Å². The summed E-state index contributed by atoms with van der Waals surface area (Å²) in [6, 6.07) is 19.5. The summed E-state index contributed by atoms with van der Waals surface area (Å²) in [5.41, 5.74) is 7.36. The molecule has 1 N–H and O–H groups in total. The first kappa shape index (κ1) is 26.7. The summed E-state index contributed by atoms with van der Waals surface area (Å²) in [6.07, 6.45) is 1.46. The number of aromatic nitrogens is 2. The highest BCUT2D eigenvalue weighted by Crippen LogP contribution is 2.38. The summed E-state index contributed by atoms with van der Waals surface area (Å²) in [4.78, 5) is 28.7. The molecular formula is C28H28N4O5S. The first-order chi connectivity index (χ1) is 18.4. The summed E-state index contributed by atoms with van der Waals surface area (Å²) < 4.78 is 17.9. The molecule has 0 aliphatic heterocycles. The highest BCUT2D eigenvalue weighted by Gasteiger charge is 2.16. The molecule has 1 amide bonds. The zero-order chi connectivity index (χ0) is 27.1. The molecule has 10 heteroatoms. The van der Waals surface area contributed by atoms with Gasteiger partial charge in [-0.1, -0.05) is 53.7 Å². The molecule has 4 rings (SSSR count). The Kier molecular flexibility index (Phi) is 8.65. The van der Waals surface area contributed by atoms with Gasteiger partial charge in [0.25, 0.3) is 5.91 Å². The lowest BCUT2D eigenvalue weighted by Crippen LogP contribution is -2.20. The van der Waals surface area contributed by atoms with Crippen LogP contribution in [0.5, 0.6) is 17.2 Å². The van der Waals surface area contributed by atoms with Crippen molar-refractivity contribution in [3.63, 3.8) is 0 Å². The minimum Gasteiger partial charge on any atom is -0.493 e. The standard InChI is InChI=1S/C28H28N4O5S/c1-18-9-11-20(12-10-18)16-32-23-8-6-5-7-22(23)30-28(32)38-17-26(34)31-29-15-21-13-24(35-3)27(37-19(2)33)25(14-21)36-4/h5-15H,16-17H2,1-4H3,(H,31,34)/b29-15-. The lowest BCUT2D eigenvalue weighted by atomic mass is 10.1. The summed E-state index contributed by atoms with van der Waals surface area (Å²) in [5.74, 6) is 0.127. The summed E-state index contributed by atoms with van der Waals surface area (Å²) in [5, 5.41) is 4.80. The van der Waals surface area contributed by atoms with Crippen molar-refractivity contribution in [2.45, 2.75) is 25.5 Å². The number of nitrogens with one attached hydrogen (secondary N) is 1. The number of benzene rings is 3. The van der Waals surface area contributed by atoms with Crippen molar-refractivity contribution in [3.05, 3.63) is 77.4 Å². The molecule has 1 aromatic heterocycles. The van der Waals surface area contributed by atoms with Gasteiger partial charge in [-0.2, -0.15) is 5.10 Å². The van der Waals surface area contributed by atoms with Gasteiger partial charge in [0.2, 0.25) is 5.75 Å². The third kappa shape index (κ3) is 6.51. The van der Waals surface area contributed by atoms with E-state index in [1.807, 2.05) is 24.3 Å². The number of para-hydroxylation sites is 2. The number of amides is 1. The molecule has 0 unspecified atom stereocenters. The first-order valence-corrected chi connectivity index (χ1v) is 12.8. The lowest BCUT2D eigenvalue weighted by Gasteiger charge is -2.13. The number of nitrogens with zero attached hydrogens (tertiary/aromatic N) is 3. The number of rotatable bonds is 10. The number of esters is 1. The van der Waals surface area contributed by atoms with Gasteiger partial charge in [0, 0.05) is 12.5 Å². The highest BCUT2D eigenvalue weighted by molar-refractivity contribution is 7.99. The summed E-state index contributed by atoms with van der Waals surface area (Å²) >= 11 is 1.35. The van der Waals surface area contributed by atoms with Crippen LogP contribution in [0, 0.1) is 6.92 Å². The number of carbonyl (C=O) groups excluding carboxylic acids is 2. The molecule has 196 valence electrons. The van der Waals surface area contributed by atoms with Crippen molar-refractivity contribution in [2.75, 3.05) is 20.0 Å². The summed E-state index contributed by atoms with van der Waals surface area (Å²) in [6.45, 7) is 4.00. The number of hydrazone groups is 1. The third-order valence-corrected chi connectivity index (χ3v) is 6.52. The van der Waals surface area contributed by atoms with Gasteiger partial charge in [-0.05, 0) is 36.8 Å². The van der Waals surface area contributed by atoms with Crippen LogP contribution in [0.1, 0.15) is 23.6 Å². The van der Waals surface area contributed by atoms with Crippen LogP contribution < -0.4 is 19.6 Å². The van der Waals surface area contributed by atoms with Crippen molar-refractivity contribution in [1.29, 1.82) is 0 Å². The van der Waals surface area contributed by atoms with E-state index in [4.69, 9.17) is 19.2 Å². The maximum absolute atomic E-state index is 12.6. The van der Waals surface area contributed by atoms with Gasteiger partial charge in [0.15, 0.2) is 16.7 Å². The van der Waals surface area contributed by atoms with Gasteiger partial charge >= 0.3 is 5.97 Å². The predicted molar refractivity (Wildman–Crippen MR) is 147 cm³/mol. The van der Waals surface area contributed by atoms with E-state index in [2.05, 4.69) is 46.3 Å². The molecule has 0 spiro atoms. The van der Waals surface area contributed by atoms with E-state index in [9.17, 15) is 9.59 Å². The van der Waals surface area contributed by atoms with Crippen LogP contribution in [-0.2, 0) is 16.1 Å². The Bertz CT molecular complexity index is 1460. The Morgan fingerprint density at radius 2 is 1.74 bits per heavy atom. The monoisotopic (exact) mass is 532 g/mol. The molecule has 0 atom stereocenters. The fourth-order valence-electron chi connectivity index (χ4n) is 3.75. The predicted octanol–water partition coefficient (Wildman–Crippen LogP) is 4.58. The molecule has 0 bridgehead atoms. The van der Waals surface area contributed by atoms with E-state index in [0.717, 1.165) is 21.8 Å². The lowest BCUT2D eigenvalue weighted by molar-refractivity contribution is -0.132. The fraction of sp³-hybridized carbons (Fsp3) is 0.214. The van der Waals surface area contributed by atoms with E-state index < -0.39 is 5.97 Å². The van der Waals surface area contributed by atoms with E-state index in [0.29, 0.717) is 23.6 Å². The average Bonchev–Trinajstić information content (AvgIpc) is 3.26. The number of methoxy groups -OCH3 is 2. The minimum absolute atomic E-state index is 0.132. The maximum atomic E-state index is 12.6. The molecule has 4 aromatic rings. The normalized spacial score (nSPS) is 11.1. The highest BCUT2D eigenvalue weighted by atomic mass is 32.2. The number of imidazole rings is 1. The van der Waals surface area contributed by atoms with Gasteiger partial charge in [0.1, 0.15) is 0 Å². The van der Waals surface area contributed by atoms with Gasteiger partial charge in [-0.15, -0.1) is 0 Å². The van der Waals surface area contributed by atoms with Crippen molar-refractivity contribution < 1.29 is 23.8 Å². The van der Waals surface area contributed by atoms with Crippen molar-refractivity contribution in [1.82, 2.24) is 15.0 Å². The number of ether oxygens (including phenoxy) is 3. The maximum Gasteiger partial charge on any atom is 0.308 e. The molecular weight excluding hydrogens is 504 g/mol. The average molecular weight is 533 g/mol. The Morgan fingerprint density at radius 1 is 1.05 bits per heavy atom. The quantitative estimate of drug-likeness (QED) is 0.105. The Labute approximate surface area is 224 Å². The number of hydrogen-bond donors (Lipinski definition) is 1. The molecule has 0 aliphatic rings. The van der Waals surface area contributed by atoms with E-state index in [1.54, 1.807) is 12.1 Å². The van der Waals surface area contributed by atoms with Gasteiger partial charge in [-0.3, -0.25) is 9.59 Å².